The van der Waals surface area contributed by atoms with Crippen LogP contribution in [0.3, 0.4) is 0 Å². The molecule has 0 saturated heterocycles. The molecule has 2 aromatic rings. The van der Waals surface area contributed by atoms with Crippen LogP contribution in [-0.4, -0.2) is 0 Å². The van der Waals surface area contributed by atoms with Crippen LogP contribution in [0.2, 0.25) is 0 Å². The first-order chi connectivity index (χ1) is 8.29. The predicted molar refractivity (Wildman–Crippen MR) is 61.5 cm³/mol. The van der Waals surface area contributed by atoms with Gasteiger partial charge in [-0.1, -0.05) is 6.07 Å². The molecule has 0 aliphatic carbocycles. The molecule has 0 amide bonds. The lowest BCUT2D eigenvalue weighted by Gasteiger charge is -2.08. The summed E-state index contributed by atoms with van der Waals surface area (Å²) in [6.07, 6.45) is 1.59. The van der Waals surface area contributed by atoms with Gasteiger partial charge in [-0.25, -0.2) is 4.39 Å². The van der Waals surface area contributed by atoms with Gasteiger partial charge in [-0.05, 0) is 35.4 Å². The lowest BCUT2D eigenvalue weighted by atomic mass is 10.1. The highest BCUT2D eigenvalue weighted by atomic mass is 19.1. The molecule has 0 atom stereocenters. The van der Waals surface area contributed by atoms with Crippen LogP contribution in [-0.2, 0) is 24.5 Å². The highest BCUT2D eigenvalue weighted by molar-refractivity contribution is 5.27. The zero-order valence-electron chi connectivity index (χ0n) is 9.36. The van der Waals surface area contributed by atoms with E-state index in [1.165, 1.54) is 12.1 Å². The maximum absolute atomic E-state index is 13.1. The Labute approximate surface area is 99.0 Å². The van der Waals surface area contributed by atoms with Crippen molar-refractivity contribution in [1.29, 1.82) is 0 Å². The number of hydrogen-bond acceptors (Lipinski definition) is 3. The normalized spacial score (nSPS) is 10.7. The molecule has 2 N–H and O–H groups in total. The van der Waals surface area contributed by atoms with E-state index in [4.69, 9.17) is 14.9 Å². The molecule has 0 fully saturated rings. The van der Waals surface area contributed by atoms with Crippen LogP contribution in [0.15, 0.2) is 41.0 Å². The molecule has 1 heterocycles. The third-order valence-corrected chi connectivity index (χ3v) is 2.47. The standard InChI is InChI=1S/C13H14FNO2/c14-12-4-3-10(7-15)11(6-12)8-16-9-13-2-1-5-17-13/h1-6H,7-9,15H2. The maximum atomic E-state index is 13.1. The van der Waals surface area contributed by atoms with Gasteiger partial charge >= 0.3 is 0 Å². The van der Waals surface area contributed by atoms with E-state index >= 15 is 0 Å². The number of furan rings is 1. The van der Waals surface area contributed by atoms with Gasteiger partial charge in [0.1, 0.15) is 18.2 Å². The fourth-order valence-corrected chi connectivity index (χ4v) is 1.58. The van der Waals surface area contributed by atoms with Crippen molar-refractivity contribution in [3.63, 3.8) is 0 Å². The quantitative estimate of drug-likeness (QED) is 0.866. The van der Waals surface area contributed by atoms with Crippen LogP contribution >= 0.6 is 0 Å². The van der Waals surface area contributed by atoms with Gasteiger partial charge in [0, 0.05) is 6.54 Å². The van der Waals surface area contributed by atoms with Crippen molar-refractivity contribution in [3.8, 4) is 0 Å². The molecular formula is C13H14FNO2. The minimum Gasteiger partial charge on any atom is -0.467 e. The van der Waals surface area contributed by atoms with Gasteiger partial charge < -0.3 is 14.9 Å². The zero-order chi connectivity index (χ0) is 12.1. The van der Waals surface area contributed by atoms with Crippen molar-refractivity contribution in [2.75, 3.05) is 0 Å². The average Bonchev–Trinajstić information content (AvgIpc) is 2.82. The smallest absolute Gasteiger partial charge is 0.129 e. The summed E-state index contributed by atoms with van der Waals surface area (Å²) in [5, 5.41) is 0. The second-order valence-electron chi connectivity index (χ2n) is 3.69. The molecule has 90 valence electrons. The van der Waals surface area contributed by atoms with E-state index < -0.39 is 0 Å². The van der Waals surface area contributed by atoms with E-state index in [9.17, 15) is 4.39 Å². The Bertz CT molecular complexity index is 468. The predicted octanol–water partition coefficient (Wildman–Crippen LogP) is 2.59. The van der Waals surface area contributed by atoms with Crippen molar-refractivity contribution < 1.29 is 13.5 Å². The lowest BCUT2D eigenvalue weighted by Crippen LogP contribution is -2.04. The highest BCUT2D eigenvalue weighted by Gasteiger charge is 2.04. The Kier molecular flexibility index (Phi) is 3.90. The van der Waals surface area contributed by atoms with E-state index in [-0.39, 0.29) is 5.82 Å². The number of hydrogen-bond donors (Lipinski definition) is 1. The number of benzene rings is 1. The summed E-state index contributed by atoms with van der Waals surface area (Å²) >= 11 is 0. The summed E-state index contributed by atoms with van der Waals surface area (Å²) < 4.78 is 23.6. The summed E-state index contributed by atoms with van der Waals surface area (Å²) in [5.41, 5.74) is 7.24. The first kappa shape index (κ1) is 11.8. The topological polar surface area (TPSA) is 48.4 Å². The summed E-state index contributed by atoms with van der Waals surface area (Å²) in [5.74, 6) is 0.467. The largest absolute Gasteiger partial charge is 0.467 e. The molecule has 2 rings (SSSR count). The van der Waals surface area contributed by atoms with Crippen molar-refractivity contribution in [2.45, 2.75) is 19.8 Å². The molecule has 0 bridgehead atoms. The SMILES string of the molecule is NCc1ccc(F)cc1COCc1ccco1. The molecular weight excluding hydrogens is 221 g/mol. The number of ether oxygens (including phenoxy) is 1. The van der Waals surface area contributed by atoms with Gasteiger partial charge in [0.2, 0.25) is 0 Å². The van der Waals surface area contributed by atoms with E-state index in [0.29, 0.717) is 19.8 Å². The molecule has 1 aromatic heterocycles. The fourth-order valence-electron chi connectivity index (χ4n) is 1.58. The molecule has 0 aliphatic heterocycles. The van der Waals surface area contributed by atoms with Gasteiger partial charge in [0.25, 0.3) is 0 Å². The van der Waals surface area contributed by atoms with Crippen LogP contribution in [0.4, 0.5) is 4.39 Å². The number of halogens is 1. The van der Waals surface area contributed by atoms with Crippen LogP contribution < -0.4 is 5.73 Å². The first-order valence-corrected chi connectivity index (χ1v) is 5.37. The average molecular weight is 235 g/mol. The Morgan fingerprint density at radius 3 is 2.76 bits per heavy atom. The fraction of sp³-hybridized carbons (Fsp3) is 0.231. The Balaban J connectivity index is 1.96. The molecule has 3 nitrogen and oxygen atoms in total. The highest BCUT2D eigenvalue weighted by Crippen LogP contribution is 2.13. The first-order valence-electron chi connectivity index (χ1n) is 5.37. The minimum atomic E-state index is -0.279. The zero-order valence-corrected chi connectivity index (χ0v) is 9.36. The summed E-state index contributed by atoms with van der Waals surface area (Å²) in [4.78, 5) is 0. The second kappa shape index (κ2) is 5.61. The number of rotatable bonds is 5. The van der Waals surface area contributed by atoms with Gasteiger partial charge in [-0.3, -0.25) is 0 Å². The van der Waals surface area contributed by atoms with Crippen LogP contribution in [0, 0.1) is 5.82 Å². The van der Waals surface area contributed by atoms with Crippen molar-refractivity contribution in [2.24, 2.45) is 5.73 Å². The number of nitrogens with two attached hydrogens (primary N) is 1. The minimum absolute atomic E-state index is 0.279. The van der Waals surface area contributed by atoms with E-state index in [1.54, 1.807) is 18.4 Å². The van der Waals surface area contributed by atoms with E-state index in [1.807, 2.05) is 6.07 Å². The van der Waals surface area contributed by atoms with Gasteiger partial charge in [-0.15, -0.1) is 0 Å². The Morgan fingerprint density at radius 2 is 2.06 bits per heavy atom. The van der Waals surface area contributed by atoms with E-state index in [0.717, 1.165) is 16.9 Å². The third-order valence-electron chi connectivity index (χ3n) is 2.47. The van der Waals surface area contributed by atoms with Crippen molar-refractivity contribution in [1.82, 2.24) is 0 Å². The van der Waals surface area contributed by atoms with Crippen LogP contribution in [0.25, 0.3) is 0 Å². The van der Waals surface area contributed by atoms with Gasteiger partial charge in [-0.2, -0.15) is 0 Å². The van der Waals surface area contributed by atoms with Crippen molar-refractivity contribution in [3.05, 3.63) is 59.3 Å². The lowest BCUT2D eigenvalue weighted by molar-refractivity contribution is 0.0923. The summed E-state index contributed by atoms with van der Waals surface area (Å²) in [6.45, 7) is 1.07. The Hall–Kier alpha value is -1.65. The molecule has 4 heteroatoms. The second-order valence-corrected chi connectivity index (χ2v) is 3.69. The van der Waals surface area contributed by atoms with Crippen LogP contribution in [0.5, 0.6) is 0 Å². The maximum Gasteiger partial charge on any atom is 0.129 e. The summed E-state index contributed by atoms with van der Waals surface area (Å²) in [7, 11) is 0. The molecule has 0 unspecified atom stereocenters. The molecule has 1 aromatic carbocycles. The molecule has 0 aliphatic rings. The molecule has 0 saturated carbocycles. The molecule has 0 spiro atoms. The third kappa shape index (κ3) is 3.15. The van der Waals surface area contributed by atoms with Crippen LogP contribution in [0.1, 0.15) is 16.9 Å². The van der Waals surface area contributed by atoms with Gasteiger partial charge in [0.05, 0.1) is 12.9 Å². The summed E-state index contributed by atoms with van der Waals surface area (Å²) in [6, 6.07) is 8.16. The van der Waals surface area contributed by atoms with Crippen molar-refractivity contribution >= 4 is 0 Å². The Morgan fingerprint density at radius 1 is 1.18 bits per heavy atom. The molecule has 0 radical (unpaired) electrons. The van der Waals surface area contributed by atoms with E-state index in [2.05, 4.69) is 0 Å². The molecule has 17 heavy (non-hydrogen) atoms. The van der Waals surface area contributed by atoms with Gasteiger partial charge in [0.15, 0.2) is 0 Å². The monoisotopic (exact) mass is 235 g/mol.